The lowest BCUT2D eigenvalue weighted by Gasteiger charge is -2.18. The third-order valence-corrected chi connectivity index (χ3v) is 2.44. The van der Waals surface area contributed by atoms with E-state index >= 15 is 0 Å². The first-order valence-corrected chi connectivity index (χ1v) is 5.37. The van der Waals surface area contributed by atoms with Crippen LogP contribution in [-0.4, -0.2) is 18.7 Å². The van der Waals surface area contributed by atoms with E-state index in [9.17, 15) is 0 Å². The van der Waals surface area contributed by atoms with Crippen molar-refractivity contribution < 1.29 is 4.74 Å². The average molecular weight is 208 g/mol. The highest BCUT2D eigenvalue weighted by atomic mass is 16.5. The molecule has 0 aliphatic heterocycles. The van der Waals surface area contributed by atoms with Crippen LogP contribution in [0.3, 0.4) is 0 Å². The molecule has 0 amide bonds. The summed E-state index contributed by atoms with van der Waals surface area (Å²) < 4.78 is 5.50. The summed E-state index contributed by atoms with van der Waals surface area (Å²) in [4.78, 5) is 0. The molecule has 0 aromatic heterocycles. The van der Waals surface area contributed by atoms with E-state index < -0.39 is 0 Å². The quantitative estimate of drug-likeness (QED) is 0.740. The van der Waals surface area contributed by atoms with E-state index in [1.54, 1.807) is 0 Å². The monoisotopic (exact) mass is 208 g/mol. The highest BCUT2D eigenvalue weighted by molar-refractivity contribution is 5.13. The summed E-state index contributed by atoms with van der Waals surface area (Å²) >= 11 is 0. The molecule has 0 spiro atoms. The van der Waals surface area contributed by atoms with Crippen molar-refractivity contribution in [1.82, 2.24) is 0 Å². The molecule has 1 aromatic rings. The zero-order chi connectivity index (χ0) is 11.1. The fourth-order valence-corrected chi connectivity index (χ4v) is 1.31. The highest BCUT2D eigenvalue weighted by Gasteiger charge is 2.10. The molecule has 84 valence electrons. The van der Waals surface area contributed by atoms with Crippen LogP contribution in [0.1, 0.15) is 18.9 Å². The van der Waals surface area contributed by atoms with Crippen LogP contribution in [0, 0.1) is 0 Å². The Balaban J connectivity index is 2.22. The zero-order valence-corrected chi connectivity index (χ0v) is 9.23. The molecule has 0 unspecified atom stereocenters. The highest BCUT2D eigenvalue weighted by Crippen LogP contribution is 2.01. The maximum Gasteiger partial charge on any atom is 0.0717 e. The van der Waals surface area contributed by atoms with E-state index in [1.807, 2.05) is 37.3 Å². The summed E-state index contributed by atoms with van der Waals surface area (Å²) in [5, 5.41) is 0. The fraction of sp³-hybridized carbons (Fsp3) is 0.500. The minimum Gasteiger partial charge on any atom is -0.375 e. The number of hydrogen-bond donors (Lipinski definition) is 2. The van der Waals surface area contributed by atoms with Gasteiger partial charge in [-0.1, -0.05) is 37.3 Å². The topological polar surface area (TPSA) is 61.3 Å². The first-order chi connectivity index (χ1) is 7.24. The second-order valence-electron chi connectivity index (χ2n) is 3.74. The summed E-state index contributed by atoms with van der Waals surface area (Å²) in [6.07, 6.45) is 0.885. The van der Waals surface area contributed by atoms with Gasteiger partial charge in [0.2, 0.25) is 0 Å². The molecule has 4 N–H and O–H groups in total. The van der Waals surface area contributed by atoms with Crippen molar-refractivity contribution in [3.63, 3.8) is 0 Å². The fourth-order valence-electron chi connectivity index (χ4n) is 1.31. The molecular weight excluding hydrogens is 188 g/mol. The lowest BCUT2D eigenvalue weighted by Crippen LogP contribution is -2.44. The predicted molar refractivity (Wildman–Crippen MR) is 62.3 cm³/mol. The summed E-state index contributed by atoms with van der Waals surface area (Å²) in [6.45, 7) is 3.15. The van der Waals surface area contributed by atoms with Crippen molar-refractivity contribution in [1.29, 1.82) is 0 Å². The molecule has 0 heterocycles. The lowest BCUT2D eigenvalue weighted by molar-refractivity contribution is 0.101. The van der Waals surface area contributed by atoms with E-state index in [4.69, 9.17) is 16.2 Å². The smallest absolute Gasteiger partial charge is 0.0717 e. The maximum absolute atomic E-state index is 5.84. The van der Waals surface area contributed by atoms with Gasteiger partial charge in [-0.3, -0.25) is 0 Å². The van der Waals surface area contributed by atoms with Gasteiger partial charge in [0.1, 0.15) is 0 Å². The van der Waals surface area contributed by atoms with Crippen molar-refractivity contribution in [3.05, 3.63) is 35.9 Å². The van der Waals surface area contributed by atoms with E-state index in [2.05, 4.69) is 0 Å². The Hall–Kier alpha value is -0.900. The number of rotatable bonds is 6. The maximum atomic E-state index is 5.84. The number of hydrogen-bond acceptors (Lipinski definition) is 3. The molecule has 0 aliphatic rings. The van der Waals surface area contributed by atoms with Gasteiger partial charge in [-0.15, -0.1) is 0 Å². The van der Waals surface area contributed by atoms with Gasteiger partial charge in [-0.05, 0) is 12.0 Å². The van der Waals surface area contributed by atoms with Crippen molar-refractivity contribution in [2.75, 3.05) is 6.61 Å². The van der Waals surface area contributed by atoms with Crippen LogP contribution in [0.2, 0.25) is 0 Å². The lowest BCUT2D eigenvalue weighted by atomic mass is 10.1. The largest absolute Gasteiger partial charge is 0.375 e. The Morgan fingerprint density at radius 2 is 1.80 bits per heavy atom. The Kier molecular flexibility index (Phi) is 5.32. The van der Waals surface area contributed by atoms with Crippen LogP contribution in [0.4, 0.5) is 0 Å². The van der Waals surface area contributed by atoms with Crippen LogP contribution in [-0.2, 0) is 11.3 Å². The van der Waals surface area contributed by atoms with Crippen molar-refractivity contribution in [2.45, 2.75) is 32.0 Å². The van der Waals surface area contributed by atoms with E-state index in [0.29, 0.717) is 13.2 Å². The molecule has 0 radical (unpaired) electrons. The van der Waals surface area contributed by atoms with Crippen molar-refractivity contribution in [2.24, 2.45) is 11.5 Å². The molecule has 0 saturated carbocycles. The van der Waals surface area contributed by atoms with Crippen LogP contribution >= 0.6 is 0 Å². The van der Waals surface area contributed by atoms with Gasteiger partial charge < -0.3 is 16.2 Å². The molecule has 1 rings (SSSR count). The van der Waals surface area contributed by atoms with E-state index in [0.717, 1.165) is 12.0 Å². The third-order valence-electron chi connectivity index (χ3n) is 2.44. The second kappa shape index (κ2) is 6.56. The van der Waals surface area contributed by atoms with E-state index in [1.165, 1.54) is 0 Å². The first kappa shape index (κ1) is 12.2. The minimum atomic E-state index is -0.0706. The summed E-state index contributed by atoms with van der Waals surface area (Å²) in [5.41, 5.74) is 12.8. The number of nitrogens with two attached hydrogens (primary N) is 2. The summed E-state index contributed by atoms with van der Waals surface area (Å²) in [7, 11) is 0. The Labute approximate surface area is 91.4 Å². The van der Waals surface area contributed by atoms with Gasteiger partial charge in [0, 0.05) is 12.1 Å². The predicted octanol–water partition coefficient (Wildman–Crippen LogP) is 1.27. The molecule has 2 atom stereocenters. The van der Waals surface area contributed by atoms with Gasteiger partial charge in [0.25, 0.3) is 0 Å². The van der Waals surface area contributed by atoms with Gasteiger partial charge in [0.15, 0.2) is 0 Å². The molecule has 0 saturated heterocycles. The zero-order valence-electron chi connectivity index (χ0n) is 9.23. The second-order valence-corrected chi connectivity index (χ2v) is 3.74. The van der Waals surface area contributed by atoms with Crippen LogP contribution < -0.4 is 11.5 Å². The normalized spacial score (nSPS) is 14.9. The van der Waals surface area contributed by atoms with Gasteiger partial charge >= 0.3 is 0 Å². The average Bonchev–Trinajstić information content (AvgIpc) is 2.29. The summed E-state index contributed by atoms with van der Waals surface area (Å²) in [6, 6.07) is 10.0. The number of benzene rings is 1. The molecule has 0 aliphatic carbocycles. The molecule has 15 heavy (non-hydrogen) atoms. The van der Waals surface area contributed by atoms with Gasteiger partial charge in [-0.2, -0.15) is 0 Å². The van der Waals surface area contributed by atoms with E-state index in [-0.39, 0.29) is 12.1 Å². The minimum absolute atomic E-state index is 0.0285. The first-order valence-electron chi connectivity index (χ1n) is 5.37. The van der Waals surface area contributed by atoms with Crippen molar-refractivity contribution in [3.8, 4) is 0 Å². The van der Waals surface area contributed by atoms with Crippen molar-refractivity contribution >= 4 is 0 Å². The molecule has 3 nitrogen and oxygen atoms in total. The molecule has 0 fully saturated rings. The molecular formula is C12H20N2O. The van der Waals surface area contributed by atoms with Crippen LogP contribution in [0.15, 0.2) is 30.3 Å². The summed E-state index contributed by atoms with van der Waals surface area (Å²) in [5.74, 6) is 0. The van der Waals surface area contributed by atoms with Crippen LogP contribution in [0.5, 0.6) is 0 Å². The standard InChI is InChI=1S/C12H20N2O/c1-2-11(13)12(14)9-15-8-10-6-4-3-5-7-10/h3-7,11-12H,2,8-9,13-14H2,1H3/t11-,12-/m1/s1. The third kappa shape index (κ3) is 4.42. The SMILES string of the molecule is CC[C@@H](N)[C@H](N)COCc1ccccc1. The Morgan fingerprint density at radius 3 is 2.40 bits per heavy atom. The molecule has 0 bridgehead atoms. The molecule has 3 heteroatoms. The van der Waals surface area contributed by atoms with Gasteiger partial charge in [0.05, 0.1) is 13.2 Å². The Morgan fingerprint density at radius 1 is 1.13 bits per heavy atom. The number of ether oxygens (including phenoxy) is 1. The van der Waals surface area contributed by atoms with Crippen LogP contribution in [0.25, 0.3) is 0 Å². The Bertz CT molecular complexity index is 264. The van der Waals surface area contributed by atoms with Gasteiger partial charge in [-0.25, -0.2) is 0 Å². The molecule has 1 aromatic carbocycles.